The van der Waals surface area contributed by atoms with Gasteiger partial charge in [0.2, 0.25) is 0 Å². The van der Waals surface area contributed by atoms with Gasteiger partial charge in [0.1, 0.15) is 33.4 Å². The van der Waals surface area contributed by atoms with Crippen molar-refractivity contribution in [1.82, 2.24) is 5.01 Å². The molecule has 1 spiro atoms. The van der Waals surface area contributed by atoms with Gasteiger partial charge in [-0.05, 0) is 31.2 Å². The van der Waals surface area contributed by atoms with Gasteiger partial charge in [0.25, 0.3) is 5.91 Å². The van der Waals surface area contributed by atoms with E-state index in [0.29, 0.717) is 18.8 Å². The first-order chi connectivity index (χ1) is 13.5. The highest BCUT2D eigenvalue weighted by molar-refractivity contribution is 8.15. The zero-order chi connectivity index (χ0) is 19.9. The standard InChI is InChI=1S/C20H18F2N2O3S/c1-12(26-2)19(25)24-20(9-10-27-17-6-4-3-5-15(17)20)28-18(23-24)14-11-13(21)7-8-16(14)22/h3-8,11-12H,9-10H2,1-2H3/t12-,20?/m1/s1. The van der Waals surface area contributed by atoms with Crippen LogP contribution in [0.1, 0.15) is 24.5 Å². The second-order valence-electron chi connectivity index (χ2n) is 6.54. The first-order valence-corrected chi connectivity index (χ1v) is 9.60. The predicted octanol–water partition coefficient (Wildman–Crippen LogP) is 3.87. The fraction of sp³-hybridized carbons (Fsp3) is 0.300. The van der Waals surface area contributed by atoms with Gasteiger partial charge < -0.3 is 9.47 Å². The summed E-state index contributed by atoms with van der Waals surface area (Å²) in [6, 6.07) is 10.6. The summed E-state index contributed by atoms with van der Waals surface area (Å²) >= 11 is 1.23. The van der Waals surface area contributed by atoms with Gasteiger partial charge in [-0.15, -0.1) is 0 Å². The minimum atomic E-state index is -0.910. The lowest BCUT2D eigenvalue weighted by Crippen LogP contribution is -2.48. The van der Waals surface area contributed by atoms with Crippen LogP contribution in [0.4, 0.5) is 8.78 Å². The summed E-state index contributed by atoms with van der Waals surface area (Å²) in [4.78, 5) is 12.2. The van der Waals surface area contributed by atoms with Crippen LogP contribution in [0.15, 0.2) is 47.6 Å². The normalized spacial score (nSPS) is 21.9. The molecule has 2 aliphatic heterocycles. The Bertz CT molecular complexity index is 968. The fourth-order valence-corrected chi connectivity index (χ4v) is 4.73. The van der Waals surface area contributed by atoms with E-state index in [9.17, 15) is 13.6 Å². The molecule has 0 bridgehead atoms. The van der Waals surface area contributed by atoms with Crippen LogP contribution in [0.5, 0.6) is 5.75 Å². The highest BCUT2D eigenvalue weighted by Gasteiger charge is 2.52. The van der Waals surface area contributed by atoms with Crippen LogP contribution in [0.3, 0.4) is 0 Å². The Morgan fingerprint density at radius 2 is 2.11 bits per heavy atom. The molecule has 2 aliphatic rings. The molecular weight excluding hydrogens is 386 g/mol. The number of benzene rings is 2. The Labute approximate surface area is 165 Å². The van der Waals surface area contributed by atoms with Gasteiger partial charge >= 0.3 is 0 Å². The van der Waals surface area contributed by atoms with E-state index in [2.05, 4.69) is 5.10 Å². The molecule has 2 aromatic carbocycles. The maximum absolute atomic E-state index is 14.4. The Balaban J connectivity index is 1.86. The van der Waals surface area contributed by atoms with E-state index in [4.69, 9.17) is 9.47 Å². The van der Waals surface area contributed by atoms with E-state index in [0.717, 1.165) is 23.8 Å². The predicted molar refractivity (Wildman–Crippen MR) is 102 cm³/mol. The number of hydrazone groups is 1. The molecule has 0 fully saturated rings. The molecule has 0 saturated carbocycles. The van der Waals surface area contributed by atoms with Gasteiger partial charge in [-0.2, -0.15) is 5.10 Å². The highest BCUT2D eigenvalue weighted by atomic mass is 32.2. The summed E-state index contributed by atoms with van der Waals surface area (Å²) in [5, 5.41) is 6.01. The lowest BCUT2D eigenvalue weighted by molar-refractivity contribution is -0.145. The number of halogens is 2. The summed E-state index contributed by atoms with van der Waals surface area (Å²) in [6.07, 6.45) is -0.297. The third-order valence-electron chi connectivity index (χ3n) is 4.87. The number of para-hydroxylation sites is 1. The van der Waals surface area contributed by atoms with Crippen LogP contribution in [-0.4, -0.2) is 35.8 Å². The van der Waals surface area contributed by atoms with Gasteiger partial charge in [0, 0.05) is 24.7 Å². The number of hydrogen-bond acceptors (Lipinski definition) is 5. The Hall–Kier alpha value is -2.45. The second-order valence-corrected chi connectivity index (χ2v) is 7.80. The Morgan fingerprint density at radius 3 is 2.89 bits per heavy atom. The van der Waals surface area contributed by atoms with Crippen molar-refractivity contribution >= 4 is 22.7 Å². The zero-order valence-corrected chi connectivity index (χ0v) is 16.1. The molecule has 2 aromatic rings. The van der Waals surface area contributed by atoms with E-state index in [1.54, 1.807) is 6.92 Å². The van der Waals surface area contributed by atoms with Gasteiger partial charge in [-0.25, -0.2) is 13.8 Å². The number of nitrogens with zero attached hydrogens (tertiary/aromatic N) is 2. The molecule has 28 heavy (non-hydrogen) atoms. The molecule has 5 nitrogen and oxygen atoms in total. The summed E-state index contributed by atoms with van der Waals surface area (Å²) in [5.74, 6) is -0.896. The molecular formula is C20H18F2N2O3S. The SMILES string of the molecule is CO[C@H](C)C(=O)N1N=C(c2cc(F)ccc2F)SC12CCOc1ccccc12. The van der Waals surface area contributed by atoms with Crippen molar-refractivity contribution in [3.8, 4) is 5.75 Å². The van der Waals surface area contributed by atoms with Crippen LogP contribution in [0, 0.1) is 11.6 Å². The van der Waals surface area contributed by atoms with Crippen molar-refractivity contribution in [1.29, 1.82) is 0 Å². The number of methoxy groups -OCH3 is 1. The number of hydrogen-bond donors (Lipinski definition) is 0. The Morgan fingerprint density at radius 1 is 1.32 bits per heavy atom. The van der Waals surface area contributed by atoms with E-state index in [1.165, 1.54) is 23.9 Å². The zero-order valence-electron chi connectivity index (χ0n) is 15.3. The number of carbonyl (C=O) groups excluding carboxylic acids is 1. The smallest absolute Gasteiger partial charge is 0.273 e. The van der Waals surface area contributed by atoms with Crippen molar-refractivity contribution in [3.05, 3.63) is 65.2 Å². The van der Waals surface area contributed by atoms with E-state index < -0.39 is 22.6 Å². The number of rotatable bonds is 3. The molecule has 0 N–H and O–H groups in total. The summed E-state index contributed by atoms with van der Waals surface area (Å²) in [5.41, 5.74) is 0.784. The van der Waals surface area contributed by atoms with Gasteiger partial charge in [0.15, 0.2) is 0 Å². The van der Waals surface area contributed by atoms with E-state index >= 15 is 0 Å². The number of thioether (sulfide) groups is 1. The maximum atomic E-state index is 14.4. The monoisotopic (exact) mass is 404 g/mol. The largest absolute Gasteiger partial charge is 0.493 e. The van der Waals surface area contributed by atoms with Crippen molar-refractivity contribution in [2.45, 2.75) is 24.3 Å². The van der Waals surface area contributed by atoms with Crippen molar-refractivity contribution in [3.63, 3.8) is 0 Å². The molecule has 4 rings (SSSR count). The van der Waals surface area contributed by atoms with E-state index in [1.807, 2.05) is 24.3 Å². The first kappa shape index (κ1) is 18.9. The molecule has 0 aromatic heterocycles. The number of fused-ring (bicyclic) bond motifs is 2. The molecule has 1 unspecified atom stereocenters. The van der Waals surface area contributed by atoms with Crippen LogP contribution >= 0.6 is 11.8 Å². The van der Waals surface area contributed by atoms with Crippen LogP contribution in [-0.2, 0) is 14.4 Å². The molecule has 2 atom stereocenters. The Kier molecular flexibility index (Phi) is 4.84. The maximum Gasteiger partial charge on any atom is 0.273 e. The van der Waals surface area contributed by atoms with Crippen LogP contribution < -0.4 is 4.74 Å². The summed E-state index contributed by atoms with van der Waals surface area (Å²) < 4.78 is 39.1. The van der Waals surface area contributed by atoms with Crippen molar-refractivity contribution in [2.75, 3.05) is 13.7 Å². The minimum absolute atomic E-state index is 0.0220. The molecule has 0 radical (unpaired) electrons. The van der Waals surface area contributed by atoms with E-state index in [-0.39, 0.29) is 16.5 Å². The molecule has 0 saturated heterocycles. The number of carbonyl (C=O) groups is 1. The molecule has 0 aliphatic carbocycles. The number of amides is 1. The quantitative estimate of drug-likeness (QED) is 0.779. The first-order valence-electron chi connectivity index (χ1n) is 8.78. The van der Waals surface area contributed by atoms with Gasteiger partial charge in [0.05, 0.1) is 6.61 Å². The topological polar surface area (TPSA) is 51.1 Å². The van der Waals surface area contributed by atoms with Crippen LogP contribution in [0.2, 0.25) is 0 Å². The average molecular weight is 404 g/mol. The van der Waals surface area contributed by atoms with Gasteiger partial charge in [-0.1, -0.05) is 30.0 Å². The van der Waals surface area contributed by atoms with Crippen molar-refractivity contribution in [2.24, 2.45) is 5.10 Å². The second kappa shape index (κ2) is 7.18. The molecule has 1 amide bonds. The average Bonchev–Trinajstić information content (AvgIpc) is 3.08. The lowest BCUT2D eigenvalue weighted by Gasteiger charge is -2.40. The van der Waals surface area contributed by atoms with Crippen molar-refractivity contribution < 1.29 is 23.0 Å². The minimum Gasteiger partial charge on any atom is -0.493 e. The fourth-order valence-electron chi connectivity index (χ4n) is 3.34. The molecule has 146 valence electrons. The molecule has 8 heteroatoms. The lowest BCUT2D eigenvalue weighted by atomic mass is 9.98. The highest BCUT2D eigenvalue weighted by Crippen LogP contribution is 2.54. The third kappa shape index (κ3) is 2.97. The van der Waals surface area contributed by atoms with Crippen LogP contribution in [0.25, 0.3) is 0 Å². The van der Waals surface area contributed by atoms with Gasteiger partial charge in [-0.3, -0.25) is 4.79 Å². The molecule has 2 heterocycles. The number of ether oxygens (including phenoxy) is 2. The third-order valence-corrected chi connectivity index (χ3v) is 6.30. The summed E-state index contributed by atoms with van der Waals surface area (Å²) in [7, 11) is 1.44. The summed E-state index contributed by atoms with van der Waals surface area (Å²) in [6.45, 7) is 1.99.